The van der Waals surface area contributed by atoms with Crippen molar-refractivity contribution in [3.05, 3.63) is 95.1 Å². The lowest BCUT2D eigenvalue weighted by molar-refractivity contribution is -0.136. The van der Waals surface area contributed by atoms with Gasteiger partial charge in [0.05, 0.1) is 20.3 Å². The minimum absolute atomic E-state index is 0.118. The third-order valence-electron chi connectivity index (χ3n) is 7.80. The molecule has 44 heavy (non-hydrogen) atoms. The number of rotatable bonds is 15. The second-order valence-electron chi connectivity index (χ2n) is 10.7. The van der Waals surface area contributed by atoms with Crippen LogP contribution in [0.25, 0.3) is 22.3 Å². The van der Waals surface area contributed by atoms with Crippen LogP contribution >= 0.6 is 0 Å². The van der Waals surface area contributed by atoms with Crippen LogP contribution < -0.4 is 24.8 Å². The molecule has 0 spiro atoms. The van der Waals surface area contributed by atoms with Gasteiger partial charge < -0.3 is 35.1 Å². The van der Waals surface area contributed by atoms with Crippen molar-refractivity contribution in [2.75, 3.05) is 40.0 Å². The highest BCUT2D eigenvalue weighted by molar-refractivity contribution is 5.80. The van der Waals surface area contributed by atoms with Crippen molar-refractivity contribution in [1.82, 2.24) is 15.6 Å². The number of nitrogens with zero attached hydrogens (tertiary/aromatic N) is 1. The molecule has 1 aromatic heterocycles. The predicted molar refractivity (Wildman–Crippen MR) is 169 cm³/mol. The molecule has 5 rings (SSSR count). The minimum atomic E-state index is -0.919. The van der Waals surface area contributed by atoms with Crippen LogP contribution in [0.3, 0.4) is 0 Å². The van der Waals surface area contributed by atoms with E-state index in [0.717, 1.165) is 35.3 Å². The maximum atomic E-state index is 10.8. The summed E-state index contributed by atoms with van der Waals surface area (Å²) < 4.78 is 17.7. The highest BCUT2D eigenvalue weighted by atomic mass is 16.5. The molecule has 9 heteroatoms. The molecule has 1 aliphatic rings. The number of carbonyl (C=O) groups is 1. The normalized spacial score (nSPS) is 13.8. The SMILES string of the molecule is COc1nc(OC2CCc3c(-c4cccc(-c5ccc(OCCNCCO)cc5)c4C)cccc32)ccc1CNCC(=O)O. The average molecular weight is 598 g/mol. The standard InChI is InChI=1S/C35H39N3O6/c1-23-27(24-9-12-26(13-10-24)43-20-18-36-17-19-39)5-3-6-28(23)29-7-4-8-31-30(29)14-15-32(31)44-33-16-11-25(35(38-33)42-2)21-37-22-34(40)41/h3-13,16,32,36-37,39H,14-15,17-22H2,1-2H3,(H,40,41). The molecule has 0 amide bonds. The Balaban J connectivity index is 1.32. The van der Waals surface area contributed by atoms with E-state index in [1.165, 1.54) is 27.8 Å². The van der Waals surface area contributed by atoms with Gasteiger partial charge in [0.25, 0.3) is 0 Å². The average Bonchev–Trinajstić information content (AvgIpc) is 3.44. The van der Waals surface area contributed by atoms with E-state index in [4.69, 9.17) is 24.4 Å². The Bertz CT molecular complexity index is 1570. The van der Waals surface area contributed by atoms with Gasteiger partial charge >= 0.3 is 5.97 Å². The minimum Gasteiger partial charge on any atom is -0.492 e. The summed E-state index contributed by atoms with van der Waals surface area (Å²) in [6, 6.07) is 24.7. The van der Waals surface area contributed by atoms with Gasteiger partial charge in [-0.05, 0) is 76.9 Å². The third-order valence-corrected chi connectivity index (χ3v) is 7.80. The molecule has 1 heterocycles. The number of fused-ring (bicyclic) bond motifs is 1. The van der Waals surface area contributed by atoms with E-state index < -0.39 is 5.97 Å². The molecular formula is C35H39N3O6. The van der Waals surface area contributed by atoms with Gasteiger partial charge in [0.1, 0.15) is 18.5 Å². The number of ether oxygens (including phenoxy) is 3. The van der Waals surface area contributed by atoms with E-state index in [9.17, 15) is 4.79 Å². The van der Waals surface area contributed by atoms with Gasteiger partial charge in [0.2, 0.25) is 11.8 Å². The van der Waals surface area contributed by atoms with Gasteiger partial charge in [-0.25, -0.2) is 0 Å². The lowest BCUT2D eigenvalue weighted by Crippen LogP contribution is -2.23. The zero-order chi connectivity index (χ0) is 30.9. The predicted octanol–water partition coefficient (Wildman–Crippen LogP) is 4.93. The summed E-state index contributed by atoms with van der Waals surface area (Å²) in [5.74, 6) is 0.781. The maximum Gasteiger partial charge on any atom is 0.317 e. The quantitative estimate of drug-likeness (QED) is 0.141. The smallest absolute Gasteiger partial charge is 0.317 e. The van der Waals surface area contributed by atoms with Crippen molar-refractivity contribution in [2.24, 2.45) is 0 Å². The Morgan fingerprint density at radius 3 is 2.50 bits per heavy atom. The van der Waals surface area contributed by atoms with Crippen LogP contribution in [0.5, 0.6) is 17.5 Å². The first-order valence-electron chi connectivity index (χ1n) is 14.9. The number of hydrogen-bond donors (Lipinski definition) is 4. The molecule has 0 fully saturated rings. The van der Waals surface area contributed by atoms with Gasteiger partial charge in [0, 0.05) is 31.3 Å². The second kappa shape index (κ2) is 14.8. The van der Waals surface area contributed by atoms with Crippen LogP contribution in [0.4, 0.5) is 0 Å². The van der Waals surface area contributed by atoms with E-state index in [-0.39, 0.29) is 19.3 Å². The van der Waals surface area contributed by atoms with E-state index in [0.29, 0.717) is 38.0 Å². The largest absolute Gasteiger partial charge is 0.492 e. The summed E-state index contributed by atoms with van der Waals surface area (Å²) in [7, 11) is 1.54. The van der Waals surface area contributed by atoms with Gasteiger partial charge in [-0.3, -0.25) is 4.79 Å². The highest BCUT2D eigenvalue weighted by Gasteiger charge is 2.28. The Labute approximate surface area is 257 Å². The van der Waals surface area contributed by atoms with Crippen LogP contribution in [0.2, 0.25) is 0 Å². The first-order chi connectivity index (χ1) is 21.5. The fraction of sp³-hybridized carbons (Fsp3) is 0.314. The number of nitrogens with one attached hydrogen (secondary N) is 2. The molecule has 1 aliphatic carbocycles. The second-order valence-corrected chi connectivity index (χ2v) is 10.7. The lowest BCUT2D eigenvalue weighted by Gasteiger charge is -2.18. The van der Waals surface area contributed by atoms with E-state index >= 15 is 0 Å². The molecule has 0 aliphatic heterocycles. The van der Waals surface area contributed by atoms with Crippen LogP contribution in [0, 0.1) is 6.92 Å². The summed E-state index contributed by atoms with van der Waals surface area (Å²) in [4.78, 5) is 15.4. The third kappa shape index (κ3) is 7.37. The number of carboxylic acid groups (broad SMARTS) is 1. The van der Waals surface area contributed by atoms with Crippen LogP contribution in [0.1, 0.15) is 34.8 Å². The number of methoxy groups -OCH3 is 1. The molecule has 3 aromatic carbocycles. The Hall–Kier alpha value is -4.44. The molecule has 0 bridgehead atoms. The van der Waals surface area contributed by atoms with Crippen molar-refractivity contribution < 1.29 is 29.2 Å². The molecule has 4 aromatic rings. The molecular weight excluding hydrogens is 558 g/mol. The van der Waals surface area contributed by atoms with Crippen molar-refractivity contribution in [3.63, 3.8) is 0 Å². The summed E-state index contributed by atoms with van der Waals surface area (Å²) in [6.07, 6.45) is 1.61. The monoisotopic (exact) mass is 597 g/mol. The molecule has 9 nitrogen and oxygen atoms in total. The first kappa shape index (κ1) is 31.0. The number of aliphatic hydroxyl groups excluding tert-OH is 1. The molecule has 1 atom stereocenters. The van der Waals surface area contributed by atoms with Crippen LogP contribution in [-0.4, -0.2) is 61.1 Å². The number of pyridine rings is 1. The van der Waals surface area contributed by atoms with Crippen molar-refractivity contribution >= 4 is 5.97 Å². The zero-order valence-corrected chi connectivity index (χ0v) is 25.1. The van der Waals surface area contributed by atoms with Gasteiger partial charge in [-0.1, -0.05) is 48.5 Å². The van der Waals surface area contributed by atoms with Crippen LogP contribution in [0.15, 0.2) is 72.8 Å². The van der Waals surface area contributed by atoms with Gasteiger partial charge in [-0.15, -0.1) is 0 Å². The van der Waals surface area contributed by atoms with E-state index in [2.05, 4.69) is 71.1 Å². The maximum absolute atomic E-state index is 10.8. The van der Waals surface area contributed by atoms with E-state index in [1.54, 1.807) is 13.2 Å². The van der Waals surface area contributed by atoms with E-state index in [1.807, 2.05) is 18.2 Å². The van der Waals surface area contributed by atoms with Crippen molar-refractivity contribution in [3.8, 4) is 39.8 Å². The molecule has 230 valence electrons. The van der Waals surface area contributed by atoms with Crippen LogP contribution in [-0.2, 0) is 17.8 Å². The summed E-state index contributed by atoms with van der Waals surface area (Å²) >= 11 is 0. The molecule has 0 saturated carbocycles. The summed E-state index contributed by atoms with van der Waals surface area (Å²) in [5.41, 5.74) is 9.15. The van der Waals surface area contributed by atoms with Crippen molar-refractivity contribution in [2.45, 2.75) is 32.4 Å². The number of aliphatic carboxylic acids is 1. The molecule has 0 radical (unpaired) electrons. The fourth-order valence-corrected chi connectivity index (χ4v) is 5.69. The number of benzene rings is 3. The highest BCUT2D eigenvalue weighted by Crippen LogP contribution is 2.42. The molecule has 4 N–H and O–H groups in total. The number of hydrogen-bond acceptors (Lipinski definition) is 8. The van der Waals surface area contributed by atoms with Gasteiger partial charge in [0.15, 0.2) is 0 Å². The summed E-state index contributed by atoms with van der Waals surface area (Å²) in [5, 5.41) is 23.7. The Morgan fingerprint density at radius 1 is 0.955 bits per heavy atom. The lowest BCUT2D eigenvalue weighted by atomic mass is 9.89. The number of aliphatic hydroxyl groups is 1. The Morgan fingerprint density at radius 2 is 1.73 bits per heavy atom. The summed E-state index contributed by atoms with van der Waals surface area (Å²) in [6.45, 7) is 4.27. The fourth-order valence-electron chi connectivity index (χ4n) is 5.69. The zero-order valence-electron chi connectivity index (χ0n) is 25.1. The molecule has 0 saturated heterocycles. The van der Waals surface area contributed by atoms with Crippen molar-refractivity contribution in [1.29, 1.82) is 0 Å². The number of carboxylic acids is 1. The Kier molecular flexibility index (Phi) is 10.5. The van der Waals surface area contributed by atoms with Gasteiger partial charge in [-0.2, -0.15) is 4.98 Å². The topological polar surface area (TPSA) is 122 Å². The molecule has 1 unspecified atom stereocenters. The first-order valence-corrected chi connectivity index (χ1v) is 14.9. The number of aromatic nitrogens is 1.